The van der Waals surface area contributed by atoms with Crippen molar-refractivity contribution in [3.63, 3.8) is 0 Å². The van der Waals surface area contributed by atoms with Crippen molar-refractivity contribution >= 4 is 17.5 Å². The molecule has 3 rings (SSSR count). The molecular weight excluding hydrogens is 340 g/mol. The van der Waals surface area contributed by atoms with E-state index in [2.05, 4.69) is 12.2 Å². The molecule has 0 saturated carbocycles. The number of carbonyl (C=O) groups excluding carboxylic acids is 2. The van der Waals surface area contributed by atoms with Crippen LogP contribution < -0.4 is 10.1 Å². The second-order valence-electron chi connectivity index (χ2n) is 6.74. The molecule has 1 N–H and O–H groups in total. The second kappa shape index (κ2) is 9.21. The second-order valence-corrected chi connectivity index (χ2v) is 6.74. The lowest BCUT2D eigenvalue weighted by atomic mass is 10.1. The van der Waals surface area contributed by atoms with Gasteiger partial charge in [-0.3, -0.25) is 9.59 Å². The standard InChI is InChI=1S/C22H26N2O3/c1-2-17-9-8-10-18(15-17)27-16-21(25)23-20-12-5-4-11-19(20)22(26)24-13-6-3-7-14-24/h4-5,8-12,15H,2-3,6-7,13-14,16H2,1H3,(H,23,25). The fourth-order valence-corrected chi connectivity index (χ4v) is 3.24. The molecule has 0 spiro atoms. The Morgan fingerprint density at radius 3 is 2.59 bits per heavy atom. The number of likely N-dealkylation sites (tertiary alicyclic amines) is 1. The Balaban J connectivity index is 1.63. The summed E-state index contributed by atoms with van der Waals surface area (Å²) in [7, 11) is 0. The number of nitrogens with one attached hydrogen (secondary N) is 1. The maximum absolute atomic E-state index is 12.8. The molecule has 0 atom stereocenters. The highest BCUT2D eigenvalue weighted by atomic mass is 16.5. The normalized spacial score (nSPS) is 13.9. The lowest BCUT2D eigenvalue weighted by Crippen LogP contribution is -2.36. The molecule has 142 valence electrons. The van der Waals surface area contributed by atoms with Crippen molar-refractivity contribution in [3.05, 3.63) is 59.7 Å². The van der Waals surface area contributed by atoms with E-state index in [1.54, 1.807) is 12.1 Å². The van der Waals surface area contributed by atoms with Crippen LogP contribution in [0.25, 0.3) is 0 Å². The Hall–Kier alpha value is -2.82. The van der Waals surface area contributed by atoms with E-state index in [4.69, 9.17) is 4.74 Å². The van der Waals surface area contributed by atoms with Gasteiger partial charge in [0.2, 0.25) is 0 Å². The molecule has 1 saturated heterocycles. The molecule has 1 aliphatic rings. The van der Waals surface area contributed by atoms with Crippen molar-refractivity contribution in [1.82, 2.24) is 4.90 Å². The number of hydrogen-bond acceptors (Lipinski definition) is 3. The Morgan fingerprint density at radius 1 is 1.04 bits per heavy atom. The van der Waals surface area contributed by atoms with Gasteiger partial charge < -0.3 is 15.0 Å². The van der Waals surface area contributed by atoms with E-state index in [0.29, 0.717) is 17.0 Å². The molecule has 1 fully saturated rings. The van der Waals surface area contributed by atoms with E-state index >= 15 is 0 Å². The van der Waals surface area contributed by atoms with Crippen LogP contribution in [0.5, 0.6) is 5.75 Å². The number of benzene rings is 2. The van der Waals surface area contributed by atoms with Crippen molar-refractivity contribution in [2.24, 2.45) is 0 Å². The fraction of sp³-hybridized carbons (Fsp3) is 0.364. The third-order valence-electron chi connectivity index (χ3n) is 4.75. The van der Waals surface area contributed by atoms with Gasteiger partial charge in [-0.2, -0.15) is 0 Å². The van der Waals surface area contributed by atoms with Crippen LogP contribution >= 0.6 is 0 Å². The highest BCUT2D eigenvalue weighted by molar-refractivity contribution is 6.04. The molecule has 0 radical (unpaired) electrons. The number of anilines is 1. The largest absolute Gasteiger partial charge is 0.484 e. The maximum Gasteiger partial charge on any atom is 0.262 e. The minimum absolute atomic E-state index is 0.0258. The van der Waals surface area contributed by atoms with Gasteiger partial charge in [0, 0.05) is 13.1 Å². The summed E-state index contributed by atoms with van der Waals surface area (Å²) in [4.78, 5) is 27.0. The minimum atomic E-state index is -0.282. The van der Waals surface area contributed by atoms with Gasteiger partial charge in [0.25, 0.3) is 11.8 Å². The third-order valence-corrected chi connectivity index (χ3v) is 4.75. The number of carbonyl (C=O) groups is 2. The van der Waals surface area contributed by atoms with Crippen LogP contribution in [0.3, 0.4) is 0 Å². The zero-order valence-electron chi connectivity index (χ0n) is 15.7. The predicted octanol–water partition coefficient (Wildman–Crippen LogP) is 3.89. The number of nitrogens with zero attached hydrogens (tertiary/aromatic N) is 1. The van der Waals surface area contributed by atoms with E-state index in [1.165, 1.54) is 6.42 Å². The number of para-hydroxylation sites is 1. The van der Waals surface area contributed by atoms with Gasteiger partial charge in [0.15, 0.2) is 6.61 Å². The summed E-state index contributed by atoms with van der Waals surface area (Å²) in [5, 5.41) is 2.82. The molecule has 0 unspecified atom stereocenters. The first-order valence-electron chi connectivity index (χ1n) is 9.57. The first-order valence-corrected chi connectivity index (χ1v) is 9.57. The number of piperidine rings is 1. The van der Waals surface area contributed by atoms with E-state index in [9.17, 15) is 9.59 Å². The van der Waals surface area contributed by atoms with Crippen molar-refractivity contribution in [2.45, 2.75) is 32.6 Å². The fourth-order valence-electron chi connectivity index (χ4n) is 3.24. The van der Waals surface area contributed by atoms with E-state index in [1.807, 2.05) is 41.3 Å². The Morgan fingerprint density at radius 2 is 1.81 bits per heavy atom. The van der Waals surface area contributed by atoms with Crippen LogP contribution in [0.2, 0.25) is 0 Å². The van der Waals surface area contributed by atoms with Crippen molar-refractivity contribution in [1.29, 1.82) is 0 Å². The summed E-state index contributed by atoms with van der Waals surface area (Å²) < 4.78 is 5.59. The molecule has 2 aromatic carbocycles. The first-order chi connectivity index (χ1) is 13.2. The Labute approximate surface area is 160 Å². The lowest BCUT2D eigenvalue weighted by Gasteiger charge is -2.27. The van der Waals surface area contributed by atoms with Crippen LogP contribution in [-0.2, 0) is 11.2 Å². The summed E-state index contributed by atoms with van der Waals surface area (Å²) in [6, 6.07) is 14.9. The van der Waals surface area contributed by atoms with Gasteiger partial charge in [0.05, 0.1) is 11.3 Å². The van der Waals surface area contributed by atoms with E-state index in [0.717, 1.165) is 37.9 Å². The summed E-state index contributed by atoms with van der Waals surface area (Å²) in [6.07, 6.45) is 4.14. The molecule has 5 heteroatoms. The van der Waals surface area contributed by atoms with Crippen molar-refractivity contribution in [3.8, 4) is 5.75 Å². The topological polar surface area (TPSA) is 58.6 Å². The van der Waals surface area contributed by atoms with Gasteiger partial charge >= 0.3 is 0 Å². The zero-order chi connectivity index (χ0) is 19.1. The summed E-state index contributed by atoms with van der Waals surface area (Å²) in [5.74, 6) is 0.361. The molecule has 2 aromatic rings. The van der Waals surface area contributed by atoms with Gasteiger partial charge in [-0.1, -0.05) is 31.2 Å². The van der Waals surface area contributed by atoms with E-state index < -0.39 is 0 Å². The number of rotatable bonds is 6. The smallest absolute Gasteiger partial charge is 0.262 e. The SMILES string of the molecule is CCc1cccc(OCC(=O)Nc2ccccc2C(=O)N2CCCCC2)c1. The van der Waals surface area contributed by atoms with Crippen LogP contribution in [0.1, 0.15) is 42.1 Å². The van der Waals surface area contributed by atoms with Gasteiger partial charge in [-0.05, 0) is 55.5 Å². The number of ether oxygens (including phenoxy) is 1. The summed E-state index contributed by atoms with van der Waals surface area (Å²) in [5.41, 5.74) is 2.22. The molecule has 1 aliphatic heterocycles. The Kier molecular flexibility index (Phi) is 6.47. The molecule has 2 amide bonds. The number of amides is 2. The van der Waals surface area contributed by atoms with Crippen molar-refractivity contribution in [2.75, 3.05) is 25.0 Å². The molecule has 0 aromatic heterocycles. The number of hydrogen-bond donors (Lipinski definition) is 1. The maximum atomic E-state index is 12.8. The molecule has 27 heavy (non-hydrogen) atoms. The van der Waals surface area contributed by atoms with Crippen LogP contribution in [-0.4, -0.2) is 36.4 Å². The minimum Gasteiger partial charge on any atom is -0.484 e. The monoisotopic (exact) mass is 366 g/mol. The van der Waals surface area contributed by atoms with E-state index in [-0.39, 0.29) is 18.4 Å². The quantitative estimate of drug-likeness (QED) is 0.844. The highest BCUT2D eigenvalue weighted by Crippen LogP contribution is 2.20. The molecule has 0 aliphatic carbocycles. The van der Waals surface area contributed by atoms with Crippen LogP contribution in [0, 0.1) is 0 Å². The predicted molar refractivity (Wildman–Crippen MR) is 106 cm³/mol. The van der Waals surface area contributed by atoms with Crippen LogP contribution in [0.15, 0.2) is 48.5 Å². The van der Waals surface area contributed by atoms with Crippen LogP contribution in [0.4, 0.5) is 5.69 Å². The molecular formula is C22H26N2O3. The van der Waals surface area contributed by atoms with Gasteiger partial charge in [-0.25, -0.2) is 0 Å². The van der Waals surface area contributed by atoms with Crippen molar-refractivity contribution < 1.29 is 14.3 Å². The highest BCUT2D eigenvalue weighted by Gasteiger charge is 2.21. The molecule has 1 heterocycles. The molecule has 0 bridgehead atoms. The zero-order valence-corrected chi connectivity index (χ0v) is 15.7. The van der Waals surface area contributed by atoms with Gasteiger partial charge in [-0.15, -0.1) is 0 Å². The summed E-state index contributed by atoms with van der Waals surface area (Å²) >= 11 is 0. The lowest BCUT2D eigenvalue weighted by molar-refractivity contribution is -0.118. The third kappa shape index (κ3) is 5.09. The summed E-state index contributed by atoms with van der Waals surface area (Å²) in [6.45, 7) is 3.53. The average molecular weight is 366 g/mol. The average Bonchev–Trinajstić information content (AvgIpc) is 2.73. The first kappa shape index (κ1) is 19.0. The molecule has 5 nitrogen and oxygen atoms in total. The van der Waals surface area contributed by atoms with Gasteiger partial charge in [0.1, 0.15) is 5.75 Å². The number of aryl methyl sites for hydroxylation is 1. The Bertz CT molecular complexity index is 798.